The summed E-state index contributed by atoms with van der Waals surface area (Å²) in [6, 6.07) is 12.2. The van der Waals surface area contributed by atoms with E-state index in [0.717, 1.165) is 44.3 Å². The Kier molecular flexibility index (Phi) is 17.0. The van der Waals surface area contributed by atoms with Gasteiger partial charge in [0.05, 0.1) is 0 Å². The first-order valence-corrected chi connectivity index (χ1v) is 17.5. The first kappa shape index (κ1) is 33.2. The lowest BCUT2D eigenvalue weighted by Gasteiger charge is -2.48. The Morgan fingerprint density at radius 3 is 2.03 bits per heavy atom. The molecule has 0 radical (unpaired) electrons. The largest absolute Gasteiger partial charge is 0.500 e. The van der Waals surface area contributed by atoms with Gasteiger partial charge >= 0.3 is 17.4 Å². The highest BCUT2D eigenvalue weighted by Gasteiger charge is 2.58. The van der Waals surface area contributed by atoms with Crippen LogP contribution in [0.4, 0.5) is 5.69 Å². The minimum absolute atomic E-state index is 0.215. The second-order valence-electron chi connectivity index (χ2n) is 8.84. The molecule has 8 nitrogen and oxygen atoms in total. The van der Waals surface area contributed by atoms with Crippen molar-refractivity contribution in [3.8, 4) is 0 Å². The van der Waals surface area contributed by atoms with Gasteiger partial charge in [-0.1, -0.05) is 31.0 Å². The first-order valence-electron chi connectivity index (χ1n) is 13.5. The van der Waals surface area contributed by atoms with Crippen LogP contribution in [0.2, 0.25) is 12.1 Å². The second-order valence-corrected chi connectivity index (χ2v) is 15.3. The van der Waals surface area contributed by atoms with Crippen LogP contribution in [0.25, 0.3) is 0 Å². The van der Waals surface area contributed by atoms with Crippen molar-refractivity contribution in [2.45, 2.75) is 76.6 Å². The van der Waals surface area contributed by atoms with E-state index in [0.29, 0.717) is 26.4 Å². The van der Waals surface area contributed by atoms with Gasteiger partial charge in [0.25, 0.3) is 0 Å². The predicted molar refractivity (Wildman–Crippen MR) is 151 cm³/mol. The summed E-state index contributed by atoms with van der Waals surface area (Å²) in [6.07, 6.45) is 6.35. The molecule has 1 aromatic rings. The van der Waals surface area contributed by atoms with Crippen molar-refractivity contribution >= 4 is 23.1 Å². The lowest BCUT2D eigenvalue weighted by atomic mass is 10.1. The smallest absolute Gasteiger partial charge is 0.396 e. The van der Waals surface area contributed by atoms with Gasteiger partial charge in [-0.05, 0) is 71.2 Å². The standard InChI is InChI=1S/C17H29NO3Si.C9H23NO3Si/c1-19-17(12-7-8-15-22(17,20-2)21-3)13-9-14-18-16-10-5-4-6-11-16;1-4-11-14(12-5-2,13-6-3)9-7-8-10/h4-6,10-11,18H,7-9,12-15H2,1-3H3;4-10H2,1-3H3. The highest BCUT2D eigenvalue weighted by atomic mass is 28.4. The van der Waals surface area contributed by atoms with Gasteiger partial charge in [0, 0.05) is 59.4 Å². The van der Waals surface area contributed by atoms with Gasteiger partial charge in [-0.15, -0.1) is 0 Å². The molecule has 1 fully saturated rings. The van der Waals surface area contributed by atoms with Gasteiger partial charge in [0.15, 0.2) is 0 Å². The van der Waals surface area contributed by atoms with E-state index in [1.54, 1.807) is 14.2 Å². The van der Waals surface area contributed by atoms with Crippen LogP contribution in [0.5, 0.6) is 0 Å². The molecule has 10 heteroatoms. The third-order valence-corrected chi connectivity index (χ3v) is 14.3. The Bertz CT molecular complexity index is 652. The van der Waals surface area contributed by atoms with Crippen molar-refractivity contribution in [3.63, 3.8) is 0 Å². The number of rotatable bonds is 17. The molecule has 3 N–H and O–H groups in total. The SMILES string of the molecule is CCO[Si](CCCN)(OCC)OCC.COC1(CCCNc2ccccc2)CCCC[Si]1(OC)OC. The van der Waals surface area contributed by atoms with Crippen molar-refractivity contribution in [3.05, 3.63) is 30.3 Å². The molecule has 1 aliphatic heterocycles. The van der Waals surface area contributed by atoms with Gasteiger partial charge < -0.3 is 37.9 Å². The van der Waals surface area contributed by atoms with E-state index < -0.39 is 17.4 Å². The molecule has 0 saturated carbocycles. The van der Waals surface area contributed by atoms with E-state index in [4.69, 9.17) is 32.6 Å². The van der Waals surface area contributed by atoms with Gasteiger partial charge in [-0.25, -0.2) is 0 Å². The molecule has 1 atom stereocenters. The molecule has 1 aromatic carbocycles. The lowest BCUT2D eigenvalue weighted by Crippen LogP contribution is -2.64. The second kappa shape index (κ2) is 18.4. The zero-order valence-electron chi connectivity index (χ0n) is 23.6. The highest BCUT2D eigenvalue weighted by molar-refractivity contribution is 6.70. The van der Waals surface area contributed by atoms with Crippen LogP contribution < -0.4 is 11.1 Å². The monoisotopic (exact) mass is 544 g/mol. The van der Waals surface area contributed by atoms with Gasteiger partial charge in [0.1, 0.15) is 5.22 Å². The average molecular weight is 545 g/mol. The minimum Gasteiger partial charge on any atom is -0.396 e. The van der Waals surface area contributed by atoms with E-state index in [2.05, 4.69) is 17.4 Å². The third-order valence-electron chi connectivity index (χ3n) is 6.72. The molecule has 0 spiro atoms. The Balaban J connectivity index is 0.000000402. The molecule has 0 aromatic heterocycles. The number of methoxy groups -OCH3 is 1. The fourth-order valence-corrected chi connectivity index (χ4v) is 11.6. The average Bonchev–Trinajstić information content (AvgIpc) is 2.91. The maximum Gasteiger partial charge on any atom is 0.500 e. The summed E-state index contributed by atoms with van der Waals surface area (Å²) in [5.41, 5.74) is 6.65. The molecule has 2 rings (SSSR count). The van der Waals surface area contributed by atoms with Crippen molar-refractivity contribution < 1.29 is 26.9 Å². The molecule has 1 unspecified atom stereocenters. The van der Waals surface area contributed by atoms with Crippen molar-refractivity contribution in [2.75, 3.05) is 59.6 Å². The number of hydrogen-bond acceptors (Lipinski definition) is 8. The molecule has 1 heterocycles. The Labute approximate surface area is 222 Å². The fraction of sp³-hybridized carbons (Fsp3) is 0.769. The van der Waals surface area contributed by atoms with Gasteiger partial charge in [-0.2, -0.15) is 0 Å². The maximum absolute atomic E-state index is 6.01. The van der Waals surface area contributed by atoms with Gasteiger partial charge in [0.2, 0.25) is 0 Å². The molecule has 0 amide bonds. The van der Waals surface area contributed by atoms with Crippen molar-refractivity contribution in [1.82, 2.24) is 0 Å². The van der Waals surface area contributed by atoms with Crippen LogP contribution in [-0.2, 0) is 26.9 Å². The summed E-state index contributed by atoms with van der Waals surface area (Å²) < 4.78 is 34.8. The highest BCUT2D eigenvalue weighted by Crippen LogP contribution is 2.42. The predicted octanol–water partition coefficient (Wildman–Crippen LogP) is 5.11. The van der Waals surface area contributed by atoms with Crippen LogP contribution in [0.15, 0.2) is 30.3 Å². The number of nitrogens with two attached hydrogens (primary N) is 1. The number of benzene rings is 1. The fourth-order valence-electron chi connectivity index (χ4n) is 5.00. The zero-order chi connectivity index (χ0) is 26.8. The van der Waals surface area contributed by atoms with Crippen LogP contribution in [0.1, 0.15) is 59.3 Å². The summed E-state index contributed by atoms with van der Waals surface area (Å²) >= 11 is 0. The van der Waals surface area contributed by atoms with E-state index in [1.165, 1.54) is 18.5 Å². The van der Waals surface area contributed by atoms with Gasteiger partial charge in [-0.3, -0.25) is 0 Å². The molecule has 0 bridgehead atoms. The lowest BCUT2D eigenvalue weighted by molar-refractivity contribution is -0.0151. The molecular weight excluding hydrogens is 492 g/mol. The molecule has 1 aliphatic rings. The van der Waals surface area contributed by atoms with Crippen LogP contribution >= 0.6 is 0 Å². The number of para-hydroxylation sites is 1. The summed E-state index contributed by atoms with van der Waals surface area (Å²) in [4.78, 5) is 0. The molecule has 210 valence electrons. The summed E-state index contributed by atoms with van der Waals surface area (Å²) in [6.45, 7) is 9.38. The molecule has 36 heavy (non-hydrogen) atoms. The van der Waals surface area contributed by atoms with E-state index in [-0.39, 0.29) is 5.22 Å². The Hall–Kier alpha value is -0.826. The van der Waals surface area contributed by atoms with E-state index in [9.17, 15) is 0 Å². The van der Waals surface area contributed by atoms with Crippen LogP contribution in [-0.4, -0.2) is 76.8 Å². The quantitative estimate of drug-likeness (QED) is 0.207. The Morgan fingerprint density at radius 2 is 1.53 bits per heavy atom. The summed E-state index contributed by atoms with van der Waals surface area (Å²) in [7, 11) is 0.707. The Morgan fingerprint density at radius 1 is 0.917 bits per heavy atom. The zero-order valence-corrected chi connectivity index (χ0v) is 25.6. The number of nitrogens with one attached hydrogen (secondary N) is 1. The summed E-state index contributed by atoms with van der Waals surface area (Å²) in [5.74, 6) is 0. The number of ether oxygens (including phenoxy) is 1. The normalized spacial score (nSPS) is 19.4. The topological polar surface area (TPSA) is 93.4 Å². The van der Waals surface area contributed by atoms with E-state index in [1.807, 2.05) is 46.1 Å². The van der Waals surface area contributed by atoms with Crippen LogP contribution in [0.3, 0.4) is 0 Å². The third kappa shape index (κ3) is 9.81. The first-order chi connectivity index (χ1) is 17.5. The summed E-state index contributed by atoms with van der Waals surface area (Å²) in [5, 5.41) is 3.25. The maximum atomic E-state index is 6.01. The minimum atomic E-state index is -2.40. The number of anilines is 1. The van der Waals surface area contributed by atoms with Crippen molar-refractivity contribution in [1.29, 1.82) is 0 Å². The van der Waals surface area contributed by atoms with E-state index >= 15 is 0 Å². The van der Waals surface area contributed by atoms with Crippen LogP contribution in [0, 0.1) is 0 Å². The number of hydrogen-bond donors (Lipinski definition) is 2. The van der Waals surface area contributed by atoms with Crippen molar-refractivity contribution in [2.24, 2.45) is 5.73 Å². The molecule has 1 saturated heterocycles. The molecular formula is C26H52N2O6Si2. The molecule has 0 aliphatic carbocycles.